The van der Waals surface area contributed by atoms with Crippen molar-refractivity contribution in [2.45, 2.75) is 63.4 Å². The van der Waals surface area contributed by atoms with Crippen LogP contribution in [0, 0.1) is 28.6 Å². The number of carbonyl (C=O) groups is 2. The smallest absolute Gasteiger partial charge is 0.192 e. The number of halogens is 2. The highest BCUT2D eigenvalue weighted by atomic mass is 19.1. The largest absolute Gasteiger partial charge is 0.468 e. The SMILES string of the molecule is C[C@]12C=CC(=O)CC1=C(F)C[C@H]1[C@@H]3C[C@H]4CN(Cc5ccco5)O[C@@]4(C(=O)CO)[C@@]3(C)C[C@H](O)[C@@]12F. The lowest BCUT2D eigenvalue weighted by Crippen LogP contribution is -2.69. The molecular formula is C27H31F2NO6. The fourth-order valence-corrected chi connectivity index (χ4v) is 8.58. The van der Waals surface area contributed by atoms with Crippen molar-refractivity contribution in [3.05, 3.63) is 47.7 Å². The van der Waals surface area contributed by atoms with Crippen LogP contribution in [-0.2, 0) is 21.0 Å². The summed E-state index contributed by atoms with van der Waals surface area (Å²) < 4.78 is 38.3. The number of hydroxylamine groups is 2. The molecule has 4 aliphatic carbocycles. The summed E-state index contributed by atoms with van der Waals surface area (Å²) in [6.45, 7) is 3.27. The fraction of sp³-hybridized carbons (Fsp3) is 0.630. The van der Waals surface area contributed by atoms with Gasteiger partial charge in [-0.25, -0.2) is 8.78 Å². The Balaban J connectivity index is 1.43. The zero-order valence-corrected chi connectivity index (χ0v) is 20.4. The first kappa shape index (κ1) is 24.2. The lowest BCUT2D eigenvalue weighted by atomic mass is 9.45. The van der Waals surface area contributed by atoms with Crippen molar-refractivity contribution in [2.24, 2.45) is 28.6 Å². The molecule has 1 aromatic rings. The van der Waals surface area contributed by atoms with Gasteiger partial charge in [-0.3, -0.25) is 14.4 Å². The van der Waals surface area contributed by atoms with E-state index in [9.17, 15) is 19.8 Å². The van der Waals surface area contributed by atoms with Gasteiger partial charge in [0.2, 0.25) is 0 Å². The van der Waals surface area contributed by atoms with E-state index in [4.69, 9.17) is 9.25 Å². The maximum atomic E-state index is 17.3. The summed E-state index contributed by atoms with van der Waals surface area (Å²) in [5.41, 5.74) is -6.09. The molecule has 0 aromatic carbocycles. The van der Waals surface area contributed by atoms with Crippen LogP contribution in [0.2, 0.25) is 0 Å². The van der Waals surface area contributed by atoms with E-state index in [0.717, 1.165) is 0 Å². The van der Waals surface area contributed by atoms with Crippen LogP contribution in [0.15, 0.2) is 46.4 Å². The molecule has 2 heterocycles. The molecule has 2 saturated carbocycles. The Morgan fingerprint density at radius 3 is 2.78 bits per heavy atom. The standard InChI is InChI=1S/C27H31F2NO6/c1-24-6-5-16(32)9-20(24)21(28)10-19-18-8-15-12-30(13-17-4-3-7-35-17)36-27(15,23(34)14-31)25(18,2)11-22(33)26(19,24)29/h3-7,15,18-19,22,31,33H,8-14H2,1-2H3/t15-,18-,19-,22-,24-,25-,26-,27-/m0/s1. The monoisotopic (exact) mass is 503 g/mol. The highest BCUT2D eigenvalue weighted by molar-refractivity contribution is 5.94. The molecule has 6 rings (SSSR count). The van der Waals surface area contributed by atoms with Crippen LogP contribution in [0.5, 0.6) is 0 Å². The average Bonchev–Trinajstić information content (AvgIpc) is 3.53. The van der Waals surface area contributed by atoms with Crippen molar-refractivity contribution in [2.75, 3.05) is 13.2 Å². The normalized spacial score (nSPS) is 45.9. The molecule has 0 radical (unpaired) electrons. The minimum atomic E-state index is -2.21. The maximum absolute atomic E-state index is 17.3. The highest BCUT2D eigenvalue weighted by Gasteiger charge is 2.79. The Morgan fingerprint density at radius 2 is 2.08 bits per heavy atom. The summed E-state index contributed by atoms with van der Waals surface area (Å²) in [7, 11) is 0. The van der Waals surface area contributed by atoms with Gasteiger partial charge in [0, 0.05) is 42.1 Å². The van der Waals surface area contributed by atoms with E-state index in [-0.39, 0.29) is 36.5 Å². The number of alkyl halides is 1. The lowest BCUT2D eigenvalue weighted by Gasteiger charge is -2.62. The zero-order chi connectivity index (χ0) is 25.7. The average molecular weight is 504 g/mol. The summed E-state index contributed by atoms with van der Waals surface area (Å²) in [6.07, 6.45) is 2.57. The zero-order valence-electron chi connectivity index (χ0n) is 20.4. The molecule has 1 saturated heterocycles. The van der Waals surface area contributed by atoms with Gasteiger partial charge in [-0.1, -0.05) is 13.0 Å². The molecule has 36 heavy (non-hydrogen) atoms. The predicted octanol–water partition coefficient (Wildman–Crippen LogP) is 3.22. The topological polar surface area (TPSA) is 100 Å². The number of nitrogens with zero attached hydrogens (tertiary/aromatic N) is 1. The molecule has 9 heteroatoms. The molecule has 1 aromatic heterocycles. The number of allylic oxidation sites excluding steroid dienone is 4. The maximum Gasteiger partial charge on any atom is 0.192 e. The summed E-state index contributed by atoms with van der Waals surface area (Å²) in [4.78, 5) is 31.9. The Bertz CT molecular complexity index is 1180. The van der Waals surface area contributed by atoms with Crippen LogP contribution in [-0.4, -0.2) is 57.4 Å². The van der Waals surface area contributed by atoms with Crippen LogP contribution in [0.3, 0.4) is 0 Å². The van der Waals surface area contributed by atoms with Gasteiger partial charge in [0.1, 0.15) is 18.2 Å². The van der Waals surface area contributed by atoms with Crippen molar-refractivity contribution in [3.63, 3.8) is 0 Å². The Labute approximate surface area is 207 Å². The first-order chi connectivity index (χ1) is 17.0. The van der Waals surface area contributed by atoms with Crippen LogP contribution in [0.4, 0.5) is 8.78 Å². The minimum Gasteiger partial charge on any atom is -0.468 e. The number of fused-ring (bicyclic) bond motifs is 7. The summed E-state index contributed by atoms with van der Waals surface area (Å²) in [5.74, 6) is -2.44. The van der Waals surface area contributed by atoms with Gasteiger partial charge in [-0.05, 0) is 49.5 Å². The van der Waals surface area contributed by atoms with E-state index < -0.39 is 58.3 Å². The number of aliphatic hydroxyl groups is 2. The third kappa shape index (κ3) is 2.75. The number of rotatable bonds is 4. The van der Waals surface area contributed by atoms with E-state index >= 15 is 8.78 Å². The number of Topliss-reactive ketones (excluding diaryl/α,β-unsaturated/α-hetero) is 1. The van der Waals surface area contributed by atoms with Gasteiger partial charge in [0.25, 0.3) is 0 Å². The second-order valence-electron chi connectivity index (χ2n) is 11.6. The number of ketones is 2. The number of carbonyl (C=O) groups excluding carboxylic acids is 2. The molecular weight excluding hydrogens is 472 g/mol. The number of hydrogen-bond donors (Lipinski definition) is 2. The van der Waals surface area contributed by atoms with E-state index in [0.29, 0.717) is 25.3 Å². The second-order valence-corrected chi connectivity index (χ2v) is 11.6. The molecule has 3 fully saturated rings. The van der Waals surface area contributed by atoms with Crippen molar-refractivity contribution >= 4 is 11.6 Å². The van der Waals surface area contributed by atoms with Crippen molar-refractivity contribution in [1.82, 2.24) is 5.06 Å². The molecule has 5 aliphatic rings. The molecule has 8 atom stereocenters. The van der Waals surface area contributed by atoms with Crippen molar-refractivity contribution < 1.29 is 37.8 Å². The Hall–Kier alpha value is -2.20. The molecule has 0 amide bonds. The first-order valence-electron chi connectivity index (χ1n) is 12.6. The first-order valence-corrected chi connectivity index (χ1v) is 12.6. The summed E-state index contributed by atoms with van der Waals surface area (Å²) in [5, 5.41) is 23.1. The fourth-order valence-electron chi connectivity index (χ4n) is 8.58. The van der Waals surface area contributed by atoms with Gasteiger partial charge >= 0.3 is 0 Å². The molecule has 1 aliphatic heterocycles. The third-order valence-corrected chi connectivity index (χ3v) is 10.2. The summed E-state index contributed by atoms with van der Waals surface area (Å²) in [6, 6.07) is 3.55. The predicted molar refractivity (Wildman–Crippen MR) is 122 cm³/mol. The molecule has 0 spiro atoms. The number of aliphatic hydroxyl groups excluding tert-OH is 2. The number of furan rings is 1. The van der Waals surface area contributed by atoms with Gasteiger partial charge < -0.3 is 14.6 Å². The molecule has 7 nitrogen and oxygen atoms in total. The van der Waals surface area contributed by atoms with Crippen LogP contribution < -0.4 is 0 Å². The molecule has 2 N–H and O–H groups in total. The Morgan fingerprint density at radius 1 is 1.31 bits per heavy atom. The van der Waals surface area contributed by atoms with Gasteiger partial charge in [-0.2, -0.15) is 5.06 Å². The third-order valence-electron chi connectivity index (χ3n) is 10.2. The minimum absolute atomic E-state index is 0.0895. The van der Waals surface area contributed by atoms with Crippen LogP contribution in [0.25, 0.3) is 0 Å². The summed E-state index contributed by atoms with van der Waals surface area (Å²) >= 11 is 0. The van der Waals surface area contributed by atoms with E-state index in [1.807, 2.05) is 6.92 Å². The van der Waals surface area contributed by atoms with E-state index in [1.165, 1.54) is 12.2 Å². The van der Waals surface area contributed by atoms with Gasteiger partial charge in [0.15, 0.2) is 22.8 Å². The van der Waals surface area contributed by atoms with Gasteiger partial charge in [0.05, 0.1) is 18.9 Å². The van der Waals surface area contributed by atoms with E-state index in [1.54, 1.807) is 30.4 Å². The Kier molecular flexibility index (Phi) is 5.14. The quantitative estimate of drug-likeness (QED) is 0.651. The lowest BCUT2D eigenvalue weighted by molar-refractivity contribution is -0.267. The molecule has 194 valence electrons. The van der Waals surface area contributed by atoms with Crippen molar-refractivity contribution in [3.8, 4) is 0 Å². The molecule has 0 bridgehead atoms. The van der Waals surface area contributed by atoms with E-state index in [2.05, 4.69) is 0 Å². The van der Waals surface area contributed by atoms with Gasteiger partial charge in [-0.15, -0.1) is 0 Å². The van der Waals surface area contributed by atoms with Crippen LogP contribution >= 0.6 is 0 Å². The second kappa shape index (κ2) is 7.66. The highest BCUT2D eigenvalue weighted by Crippen LogP contribution is 2.72. The van der Waals surface area contributed by atoms with Crippen LogP contribution in [0.1, 0.15) is 45.3 Å². The van der Waals surface area contributed by atoms with Crippen molar-refractivity contribution in [1.29, 1.82) is 0 Å². The molecule has 0 unspecified atom stereocenters. The number of hydrogen-bond acceptors (Lipinski definition) is 7.